The highest BCUT2D eigenvalue weighted by molar-refractivity contribution is 5.97. The molecule has 0 aliphatic rings. The molecule has 2 rings (SSSR count). The topological polar surface area (TPSA) is 115 Å². The molecule has 0 bridgehead atoms. The maximum absolute atomic E-state index is 13.0. The van der Waals surface area contributed by atoms with Gasteiger partial charge in [-0.15, -0.1) is 0 Å². The third-order valence-electron chi connectivity index (χ3n) is 5.16. The number of imide groups is 1. The van der Waals surface area contributed by atoms with Gasteiger partial charge in [0.25, 0.3) is 0 Å². The molecule has 0 saturated carbocycles. The van der Waals surface area contributed by atoms with Crippen molar-refractivity contribution >= 4 is 23.9 Å². The summed E-state index contributed by atoms with van der Waals surface area (Å²) in [5.74, 6) is -2.25. The van der Waals surface area contributed by atoms with Crippen LogP contribution < -0.4 is 0 Å². The molecular formula is C25H30N2O6. The largest absolute Gasteiger partial charge is 0.480 e. The van der Waals surface area contributed by atoms with Gasteiger partial charge in [-0.05, 0) is 23.5 Å². The molecule has 0 unspecified atom stereocenters. The van der Waals surface area contributed by atoms with E-state index < -0.39 is 29.9 Å². The van der Waals surface area contributed by atoms with Gasteiger partial charge >= 0.3 is 12.1 Å². The number of rotatable bonds is 11. The summed E-state index contributed by atoms with van der Waals surface area (Å²) in [6.45, 7) is 3.08. The third-order valence-corrected chi connectivity index (χ3v) is 5.16. The third kappa shape index (κ3) is 8.07. The normalized spacial score (nSPS) is 11.6. The first-order chi connectivity index (χ1) is 15.7. The van der Waals surface area contributed by atoms with Crippen LogP contribution >= 0.6 is 0 Å². The van der Waals surface area contributed by atoms with Crippen LogP contribution in [0.3, 0.4) is 0 Å². The molecule has 8 nitrogen and oxygen atoms in total. The van der Waals surface area contributed by atoms with Gasteiger partial charge in [0.15, 0.2) is 0 Å². The molecule has 8 heteroatoms. The van der Waals surface area contributed by atoms with Gasteiger partial charge in [-0.1, -0.05) is 74.5 Å². The number of carbonyl (C=O) groups excluding carboxylic acids is 2. The van der Waals surface area contributed by atoms with Crippen LogP contribution in [0.5, 0.6) is 0 Å². The van der Waals surface area contributed by atoms with Crippen molar-refractivity contribution in [2.24, 2.45) is 5.92 Å². The van der Waals surface area contributed by atoms with E-state index in [1.54, 1.807) is 62.4 Å². The minimum atomic E-state index is -1.41. The minimum Gasteiger partial charge on any atom is -0.480 e. The van der Waals surface area contributed by atoms with Crippen molar-refractivity contribution in [3.63, 3.8) is 0 Å². The molecule has 0 spiro atoms. The van der Waals surface area contributed by atoms with E-state index in [0.717, 1.165) is 20.9 Å². The number of carboxylic acid groups (broad SMARTS) is 2. The van der Waals surface area contributed by atoms with Gasteiger partial charge in [0, 0.05) is 13.1 Å². The maximum atomic E-state index is 13.0. The van der Waals surface area contributed by atoms with Crippen LogP contribution in [0.2, 0.25) is 0 Å². The van der Waals surface area contributed by atoms with Crippen LogP contribution in [0.4, 0.5) is 4.79 Å². The quantitative estimate of drug-likeness (QED) is 0.538. The lowest BCUT2D eigenvalue weighted by Crippen LogP contribution is -2.50. The Morgan fingerprint density at radius 1 is 0.758 bits per heavy atom. The zero-order chi connectivity index (χ0) is 24.4. The number of hydrogen-bond acceptors (Lipinski definition) is 4. The molecule has 2 aromatic carbocycles. The zero-order valence-corrected chi connectivity index (χ0v) is 18.9. The Labute approximate surface area is 193 Å². The van der Waals surface area contributed by atoms with E-state index >= 15 is 0 Å². The van der Waals surface area contributed by atoms with Gasteiger partial charge in [-0.25, -0.2) is 9.59 Å². The maximum Gasteiger partial charge on any atom is 0.408 e. The molecule has 0 fully saturated rings. The van der Waals surface area contributed by atoms with Crippen molar-refractivity contribution in [3.05, 3.63) is 71.8 Å². The molecule has 1 atom stereocenters. The Bertz CT molecular complexity index is 892. The van der Waals surface area contributed by atoms with E-state index in [4.69, 9.17) is 0 Å². The van der Waals surface area contributed by atoms with Gasteiger partial charge in [0.2, 0.25) is 11.8 Å². The Kier molecular flexibility index (Phi) is 9.60. The monoisotopic (exact) mass is 454 g/mol. The molecule has 176 valence electrons. The van der Waals surface area contributed by atoms with E-state index in [1.807, 2.05) is 12.1 Å². The Hall–Kier alpha value is -3.68. The molecule has 0 radical (unpaired) electrons. The van der Waals surface area contributed by atoms with Crippen molar-refractivity contribution in [1.29, 1.82) is 0 Å². The molecule has 2 N–H and O–H groups in total. The molecule has 0 aromatic heterocycles. The van der Waals surface area contributed by atoms with E-state index in [2.05, 4.69) is 0 Å². The molecule has 33 heavy (non-hydrogen) atoms. The predicted octanol–water partition coefficient (Wildman–Crippen LogP) is 3.31. The molecule has 2 aromatic rings. The number of benzene rings is 2. The number of hydrogen-bond donors (Lipinski definition) is 2. The summed E-state index contributed by atoms with van der Waals surface area (Å²) in [4.78, 5) is 51.4. The van der Waals surface area contributed by atoms with Crippen LogP contribution in [-0.2, 0) is 27.2 Å². The molecule has 0 aliphatic carbocycles. The molecular weight excluding hydrogens is 424 g/mol. The van der Waals surface area contributed by atoms with Gasteiger partial charge < -0.3 is 10.2 Å². The van der Waals surface area contributed by atoms with Crippen molar-refractivity contribution in [1.82, 2.24) is 9.80 Å². The van der Waals surface area contributed by atoms with E-state index in [-0.39, 0.29) is 38.3 Å². The van der Waals surface area contributed by atoms with Crippen molar-refractivity contribution in [3.8, 4) is 0 Å². The zero-order valence-electron chi connectivity index (χ0n) is 18.9. The number of carboxylic acids is 1. The van der Waals surface area contributed by atoms with Crippen LogP contribution in [0.1, 0.15) is 31.4 Å². The van der Waals surface area contributed by atoms with Gasteiger partial charge in [-0.2, -0.15) is 0 Å². The lowest BCUT2D eigenvalue weighted by atomic mass is 10.0. The fourth-order valence-electron chi connectivity index (χ4n) is 3.52. The first-order valence-corrected chi connectivity index (χ1v) is 10.8. The highest BCUT2D eigenvalue weighted by atomic mass is 16.4. The average molecular weight is 455 g/mol. The second-order valence-corrected chi connectivity index (χ2v) is 8.22. The van der Waals surface area contributed by atoms with E-state index in [0.29, 0.717) is 0 Å². The molecule has 0 heterocycles. The van der Waals surface area contributed by atoms with Gasteiger partial charge in [-0.3, -0.25) is 19.4 Å². The Morgan fingerprint density at radius 2 is 1.21 bits per heavy atom. The summed E-state index contributed by atoms with van der Waals surface area (Å²) in [6.07, 6.45) is -1.34. The molecule has 0 aliphatic heterocycles. The highest BCUT2D eigenvalue weighted by Crippen LogP contribution is 2.14. The number of nitrogens with zero attached hydrogens (tertiary/aromatic N) is 2. The van der Waals surface area contributed by atoms with Crippen LogP contribution in [0.25, 0.3) is 0 Å². The average Bonchev–Trinajstić information content (AvgIpc) is 2.76. The Balaban J connectivity index is 2.23. The van der Waals surface area contributed by atoms with Crippen molar-refractivity contribution < 1.29 is 29.4 Å². The molecule has 0 saturated heterocycles. The standard InChI is InChI=1S/C25H30N2O6/c1-18(2)15-21(24(30)31)26(25(32)33)13-14-27(22(28)16-19-9-5-3-6-10-19)23(29)17-20-11-7-4-8-12-20/h3-12,18,21H,13-17H2,1-2H3,(H,30,31)(H,32,33)/t21-/m0/s1. The summed E-state index contributed by atoms with van der Waals surface area (Å²) in [7, 11) is 0. The first kappa shape index (κ1) is 25.6. The summed E-state index contributed by atoms with van der Waals surface area (Å²) in [6, 6.07) is 16.6. The Morgan fingerprint density at radius 3 is 1.58 bits per heavy atom. The number of aliphatic carboxylic acids is 1. The minimum absolute atomic E-state index is 0.0250. The fraction of sp³-hybridized carbons (Fsp3) is 0.360. The summed E-state index contributed by atoms with van der Waals surface area (Å²) < 4.78 is 0. The van der Waals surface area contributed by atoms with Crippen LogP contribution in [-0.4, -0.2) is 63.0 Å². The second kappa shape index (κ2) is 12.4. The smallest absolute Gasteiger partial charge is 0.408 e. The number of carbonyl (C=O) groups is 4. The fourth-order valence-corrected chi connectivity index (χ4v) is 3.52. The summed E-state index contributed by atoms with van der Waals surface area (Å²) in [5.41, 5.74) is 1.44. The number of amides is 3. The van der Waals surface area contributed by atoms with Crippen LogP contribution in [0.15, 0.2) is 60.7 Å². The first-order valence-electron chi connectivity index (χ1n) is 10.8. The highest BCUT2D eigenvalue weighted by Gasteiger charge is 2.32. The van der Waals surface area contributed by atoms with E-state index in [1.165, 1.54) is 0 Å². The van der Waals surface area contributed by atoms with E-state index in [9.17, 15) is 29.4 Å². The van der Waals surface area contributed by atoms with Gasteiger partial charge in [0.05, 0.1) is 12.8 Å². The summed E-state index contributed by atoms with van der Waals surface area (Å²) in [5, 5.41) is 19.2. The summed E-state index contributed by atoms with van der Waals surface area (Å²) >= 11 is 0. The molecule has 3 amide bonds. The van der Waals surface area contributed by atoms with Crippen molar-refractivity contribution in [2.45, 2.75) is 39.2 Å². The SMILES string of the molecule is CC(C)C[C@@H](C(=O)O)N(CCN(C(=O)Cc1ccccc1)C(=O)Cc1ccccc1)C(=O)O. The lowest BCUT2D eigenvalue weighted by molar-refractivity contribution is -0.144. The van der Waals surface area contributed by atoms with Crippen molar-refractivity contribution in [2.75, 3.05) is 13.1 Å². The lowest BCUT2D eigenvalue weighted by Gasteiger charge is -2.30. The second-order valence-electron chi connectivity index (χ2n) is 8.22. The van der Waals surface area contributed by atoms with Crippen LogP contribution in [0, 0.1) is 5.92 Å². The predicted molar refractivity (Wildman–Crippen MR) is 123 cm³/mol. The van der Waals surface area contributed by atoms with Gasteiger partial charge in [0.1, 0.15) is 6.04 Å².